The molecule has 1 spiro atoms. The molecule has 0 radical (unpaired) electrons. The summed E-state index contributed by atoms with van der Waals surface area (Å²) in [6.45, 7) is 10.7. The second-order valence-corrected chi connectivity index (χ2v) is 8.63. The molecule has 2 aliphatic rings. The molecule has 1 aliphatic carbocycles. The predicted octanol–water partition coefficient (Wildman–Crippen LogP) is 3.72. The third-order valence-corrected chi connectivity index (χ3v) is 6.41. The van der Waals surface area contributed by atoms with Crippen molar-refractivity contribution < 1.29 is 5.11 Å². The van der Waals surface area contributed by atoms with Gasteiger partial charge in [0.2, 0.25) is 0 Å². The van der Waals surface area contributed by atoms with Crippen molar-refractivity contribution in [1.29, 1.82) is 0 Å². The minimum Gasteiger partial charge on any atom is -0.390 e. The van der Waals surface area contributed by atoms with E-state index in [1.54, 1.807) is 0 Å². The Morgan fingerprint density at radius 1 is 1.12 bits per heavy atom. The van der Waals surface area contributed by atoms with Crippen molar-refractivity contribution in [2.24, 2.45) is 0 Å². The van der Waals surface area contributed by atoms with Crippen LogP contribution < -0.4 is 5.32 Å². The van der Waals surface area contributed by atoms with Crippen LogP contribution in [0.15, 0.2) is 30.3 Å². The second kappa shape index (κ2) is 6.50. The Hall–Kier alpha value is -1.65. The van der Waals surface area contributed by atoms with Gasteiger partial charge in [0.15, 0.2) is 0 Å². The molecule has 0 saturated carbocycles. The van der Waals surface area contributed by atoms with Crippen molar-refractivity contribution in [2.75, 3.05) is 13.1 Å². The lowest BCUT2D eigenvalue weighted by Crippen LogP contribution is -2.47. The number of rotatable bonds is 3. The highest BCUT2D eigenvalue weighted by Gasteiger charge is 2.53. The number of aliphatic hydroxyl groups is 1. The first-order chi connectivity index (χ1) is 12.5. The molecular weight excluding hydrogens is 322 g/mol. The molecule has 1 saturated heterocycles. The summed E-state index contributed by atoms with van der Waals surface area (Å²) in [5.41, 5.74) is 4.77. The summed E-state index contributed by atoms with van der Waals surface area (Å²) in [6, 6.07) is 10.8. The van der Waals surface area contributed by atoms with E-state index in [1.165, 1.54) is 16.8 Å². The second-order valence-electron chi connectivity index (χ2n) is 8.63. The molecule has 0 amide bonds. The first-order valence-electron chi connectivity index (χ1n) is 10.0. The fourth-order valence-corrected chi connectivity index (χ4v) is 4.91. The average molecular weight is 354 g/mol. The van der Waals surface area contributed by atoms with Gasteiger partial charge in [-0.2, -0.15) is 5.10 Å². The first kappa shape index (κ1) is 17.7. The van der Waals surface area contributed by atoms with E-state index in [1.807, 2.05) is 0 Å². The topological polar surface area (TPSA) is 50.1 Å². The van der Waals surface area contributed by atoms with Gasteiger partial charge in [0, 0.05) is 11.1 Å². The number of piperidine rings is 1. The van der Waals surface area contributed by atoms with Crippen LogP contribution in [0.25, 0.3) is 0 Å². The van der Waals surface area contributed by atoms with Crippen LogP contribution in [-0.2, 0) is 5.41 Å². The molecule has 2 N–H and O–H groups in total. The zero-order valence-corrected chi connectivity index (χ0v) is 16.4. The summed E-state index contributed by atoms with van der Waals surface area (Å²) >= 11 is 0. The highest BCUT2D eigenvalue weighted by atomic mass is 16.3. The number of aromatic nitrogens is 2. The highest BCUT2D eigenvalue weighted by molar-refractivity contribution is 5.46. The summed E-state index contributed by atoms with van der Waals surface area (Å²) < 4.78 is 2.14. The number of hydrogen-bond donors (Lipinski definition) is 2. The molecule has 0 bridgehead atoms. The molecule has 1 aromatic carbocycles. The van der Waals surface area contributed by atoms with Crippen LogP contribution in [0.2, 0.25) is 0 Å². The van der Waals surface area contributed by atoms with Gasteiger partial charge < -0.3 is 10.4 Å². The highest BCUT2D eigenvalue weighted by Crippen LogP contribution is 2.51. The van der Waals surface area contributed by atoms with Crippen LogP contribution >= 0.6 is 0 Å². The van der Waals surface area contributed by atoms with Crippen LogP contribution in [-0.4, -0.2) is 34.1 Å². The van der Waals surface area contributed by atoms with Crippen molar-refractivity contribution in [2.45, 2.75) is 69.9 Å². The lowest BCUT2D eigenvalue weighted by atomic mass is 9.72. The van der Waals surface area contributed by atoms with Crippen molar-refractivity contribution in [1.82, 2.24) is 15.1 Å². The minimum absolute atomic E-state index is 0.0887. The summed E-state index contributed by atoms with van der Waals surface area (Å²) in [5.74, 6) is 0.759. The lowest BCUT2D eigenvalue weighted by molar-refractivity contribution is 0.0415. The predicted molar refractivity (Wildman–Crippen MR) is 105 cm³/mol. The van der Waals surface area contributed by atoms with Gasteiger partial charge in [0.1, 0.15) is 6.04 Å². The van der Waals surface area contributed by atoms with E-state index in [4.69, 9.17) is 5.10 Å². The standard InChI is InChI=1S/C22H31N3O/c1-14(2)18-13-19(15(3)4)25(24-18)20-16-7-5-6-8-17(16)22(21(20)26)9-11-23-12-10-22/h5-8,13-15,20-21,23,26H,9-12H2,1-4H3/t20-,21+/m0/s1. The van der Waals surface area contributed by atoms with Gasteiger partial charge in [-0.3, -0.25) is 4.68 Å². The molecule has 0 unspecified atom stereocenters. The number of nitrogens with zero attached hydrogens (tertiary/aromatic N) is 2. The zero-order valence-electron chi connectivity index (χ0n) is 16.4. The average Bonchev–Trinajstić information content (AvgIpc) is 3.16. The summed E-state index contributed by atoms with van der Waals surface area (Å²) in [7, 11) is 0. The number of benzene rings is 1. The van der Waals surface area contributed by atoms with Crippen molar-refractivity contribution >= 4 is 0 Å². The number of aliphatic hydroxyl groups excluding tert-OH is 1. The van der Waals surface area contributed by atoms with Gasteiger partial charge in [-0.15, -0.1) is 0 Å². The van der Waals surface area contributed by atoms with Crippen LogP contribution in [0, 0.1) is 0 Å². The Morgan fingerprint density at radius 3 is 2.46 bits per heavy atom. The molecule has 1 aromatic heterocycles. The smallest absolute Gasteiger partial charge is 0.104 e. The van der Waals surface area contributed by atoms with Gasteiger partial charge in [-0.25, -0.2) is 0 Å². The van der Waals surface area contributed by atoms with E-state index in [-0.39, 0.29) is 11.5 Å². The monoisotopic (exact) mass is 353 g/mol. The van der Waals surface area contributed by atoms with E-state index < -0.39 is 6.10 Å². The Kier molecular flexibility index (Phi) is 4.44. The molecule has 1 fully saturated rings. The van der Waals surface area contributed by atoms with Crippen molar-refractivity contribution in [3.8, 4) is 0 Å². The SMILES string of the molecule is CC(C)c1cc(C(C)C)n([C@H]2c3ccccc3C3(CCNCC3)[C@@H]2O)n1. The number of nitrogens with one attached hydrogen (secondary N) is 1. The van der Waals surface area contributed by atoms with E-state index in [0.717, 1.165) is 31.6 Å². The Morgan fingerprint density at radius 2 is 1.81 bits per heavy atom. The van der Waals surface area contributed by atoms with Gasteiger partial charge in [-0.05, 0) is 55.0 Å². The Bertz CT molecular complexity index is 786. The third-order valence-electron chi connectivity index (χ3n) is 6.41. The maximum absolute atomic E-state index is 11.6. The quantitative estimate of drug-likeness (QED) is 0.884. The van der Waals surface area contributed by atoms with E-state index in [0.29, 0.717) is 11.8 Å². The molecule has 2 heterocycles. The molecule has 1 aliphatic heterocycles. The summed E-state index contributed by atoms with van der Waals surface area (Å²) in [6.07, 6.45) is 1.54. The summed E-state index contributed by atoms with van der Waals surface area (Å²) in [4.78, 5) is 0. The van der Waals surface area contributed by atoms with Gasteiger partial charge in [0.05, 0.1) is 11.8 Å². The van der Waals surface area contributed by atoms with E-state index in [9.17, 15) is 5.11 Å². The molecule has 2 aromatic rings. The molecular formula is C22H31N3O. The third kappa shape index (κ3) is 2.54. The lowest BCUT2D eigenvalue weighted by Gasteiger charge is -2.39. The van der Waals surface area contributed by atoms with Gasteiger partial charge >= 0.3 is 0 Å². The first-order valence-corrected chi connectivity index (χ1v) is 10.0. The van der Waals surface area contributed by atoms with Crippen LogP contribution in [0.3, 0.4) is 0 Å². The molecule has 4 nitrogen and oxygen atoms in total. The number of fused-ring (bicyclic) bond motifs is 2. The van der Waals surface area contributed by atoms with Crippen LogP contribution in [0.5, 0.6) is 0 Å². The van der Waals surface area contributed by atoms with Crippen LogP contribution in [0.1, 0.15) is 80.9 Å². The zero-order chi connectivity index (χ0) is 18.5. The number of hydrogen-bond acceptors (Lipinski definition) is 3. The minimum atomic E-state index is -0.431. The molecule has 4 rings (SSSR count). The van der Waals surface area contributed by atoms with Gasteiger partial charge in [0.25, 0.3) is 0 Å². The normalized spacial score (nSPS) is 24.6. The molecule has 2 atom stereocenters. The van der Waals surface area contributed by atoms with Crippen molar-refractivity contribution in [3.63, 3.8) is 0 Å². The van der Waals surface area contributed by atoms with E-state index >= 15 is 0 Å². The van der Waals surface area contributed by atoms with Crippen molar-refractivity contribution in [3.05, 3.63) is 52.8 Å². The summed E-state index contributed by atoms with van der Waals surface area (Å²) in [5, 5.41) is 20.0. The fourth-order valence-electron chi connectivity index (χ4n) is 4.91. The Labute approximate surface area is 156 Å². The van der Waals surface area contributed by atoms with Crippen LogP contribution in [0.4, 0.5) is 0 Å². The molecule has 4 heteroatoms. The van der Waals surface area contributed by atoms with E-state index in [2.05, 4.69) is 68.0 Å². The fraction of sp³-hybridized carbons (Fsp3) is 0.591. The van der Waals surface area contributed by atoms with Gasteiger partial charge in [-0.1, -0.05) is 52.0 Å². The molecule has 140 valence electrons. The largest absolute Gasteiger partial charge is 0.390 e. The maximum atomic E-state index is 11.6. The molecule has 26 heavy (non-hydrogen) atoms. The Balaban J connectivity index is 1.88. The maximum Gasteiger partial charge on any atom is 0.104 e.